The van der Waals surface area contributed by atoms with E-state index in [1.54, 1.807) is 0 Å². The van der Waals surface area contributed by atoms with Crippen LogP contribution in [0.5, 0.6) is 11.5 Å². The Morgan fingerprint density at radius 3 is 2.44 bits per heavy atom. The topological polar surface area (TPSA) is 30.5 Å². The van der Waals surface area contributed by atoms with Crippen LogP contribution in [-0.2, 0) is 0 Å². The Kier molecular flexibility index (Phi) is 9.35. The standard InChI is InChI=1S/C19H18Cl4FNO2/c20-13-3-5-14(6-4-13)25-8-1-2-9-27-19-16(21)11-15(12-17(19)24)26-10-7-18(22)23/h3-7,11-12,25H,1-2,8-10H2. The maximum absolute atomic E-state index is 14.1. The Balaban J connectivity index is 1.73. The molecule has 3 nitrogen and oxygen atoms in total. The van der Waals surface area contributed by atoms with Gasteiger partial charge in [-0.05, 0) is 43.2 Å². The molecule has 8 heteroatoms. The second-order valence-electron chi connectivity index (χ2n) is 5.51. The van der Waals surface area contributed by atoms with Gasteiger partial charge in [0.25, 0.3) is 0 Å². The fraction of sp³-hybridized carbons (Fsp3) is 0.263. The van der Waals surface area contributed by atoms with E-state index < -0.39 is 5.82 Å². The largest absolute Gasteiger partial charge is 0.489 e. The molecule has 0 aliphatic carbocycles. The lowest BCUT2D eigenvalue weighted by Gasteiger charge is -2.12. The van der Waals surface area contributed by atoms with Crippen LogP contribution in [0.25, 0.3) is 0 Å². The molecule has 146 valence electrons. The van der Waals surface area contributed by atoms with E-state index in [-0.39, 0.29) is 27.6 Å². The summed E-state index contributed by atoms with van der Waals surface area (Å²) in [7, 11) is 0. The first-order chi connectivity index (χ1) is 13.0. The highest BCUT2D eigenvalue weighted by Crippen LogP contribution is 2.32. The zero-order chi connectivity index (χ0) is 19.6. The molecule has 0 saturated heterocycles. The highest BCUT2D eigenvalue weighted by atomic mass is 35.5. The Morgan fingerprint density at radius 1 is 1.04 bits per heavy atom. The van der Waals surface area contributed by atoms with E-state index in [1.807, 2.05) is 24.3 Å². The van der Waals surface area contributed by atoms with Gasteiger partial charge in [-0.15, -0.1) is 0 Å². The number of nitrogens with one attached hydrogen (secondary N) is 1. The molecule has 1 N–H and O–H groups in total. The average Bonchev–Trinajstić information content (AvgIpc) is 2.61. The van der Waals surface area contributed by atoms with Gasteiger partial charge in [0.05, 0.1) is 11.6 Å². The quantitative estimate of drug-likeness (QED) is 0.390. The van der Waals surface area contributed by atoms with Gasteiger partial charge in [-0.2, -0.15) is 0 Å². The third kappa shape index (κ3) is 8.06. The summed E-state index contributed by atoms with van der Waals surface area (Å²) in [4.78, 5) is 0. The van der Waals surface area contributed by atoms with Crippen LogP contribution in [0.15, 0.2) is 47.0 Å². The average molecular weight is 453 g/mol. The Labute approximate surface area is 178 Å². The number of halogens is 5. The van der Waals surface area contributed by atoms with E-state index in [2.05, 4.69) is 5.32 Å². The van der Waals surface area contributed by atoms with Crippen molar-refractivity contribution in [1.29, 1.82) is 0 Å². The van der Waals surface area contributed by atoms with E-state index in [0.29, 0.717) is 11.6 Å². The first-order valence-corrected chi connectivity index (χ1v) is 9.72. The molecule has 0 aromatic heterocycles. The predicted molar refractivity (Wildman–Crippen MR) is 111 cm³/mol. The highest BCUT2D eigenvalue weighted by molar-refractivity contribution is 6.55. The second kappa shape index (κ2) is 11.5. The van der Waals surface area contributed by atoms with Crippen LogP contribution >= 0.6 is 46.4 Å². The van der Waals surface area contributed by atoms with Gasteiger partial charge in [0.15, 0.2) is 11.6 Å². The number of hydrogen-bond acceptors (Lipinski definition) is 3. The first-order valence-electron chi connectivity index (χ1n) is 8.21. The molecule has 0 heterocycles. The van der Waals surface area contributed by atoms with E-state index in [1.165, 1.54) is 18.2 Å². The lowest BCUT2D eigenvalue weighted by Crippen LogP contribution is -2.06. The molecule has 0 aliphatic heterocycles. The summed E-state index contributed by atoms with van der Waals surface area (Å²) < 4.78 is 25.0. The predicted octanol–water partition coefficient (Wildman–Crippen LogP) is 7.10. The van der Waals surface area contributed by atoms with Crippen molar-refractivity contribution in [2.75, 3.05) is 25.1 Å². The van der Waals surface area contributed by atoms with Gasteiger partial charge in [0, 0.05) is 29.4 Å². The van der Waals surface area contributed by atoms with E-state index in [4.69, 9.17) is 55.9 Å². The fourth-order valence-electron chi connectivity index (χ4n) is 2.16. The van der Waals surface area contributed by atoms with Gasteiger partial charge < -0.3 is 14.8 Å². The van der Waals surface area contributed by atoms with E-state index in [0.717, 1.165) is 25.1 Å². The molecule has 0 bridgehead atoms. The normalized spacial score (nSPS) is 10.4. The number of ether oxygens (including phenoxy) is 2. The van der Waals surface area contributed by atoms with Gasteiger partial charge in [-0.3, -0.25) is 0 Å². The highest BCUT2D eigenvalue weighted by Gasteiger charge is 2.12. The van der Waals surface area contributed by atoms with Gasteiger partial charge in [0.1, 0.15) is 16.8 Å². The maximum Gasteiger partial charge on any atom is 0.173 e. The van der Waals surface area contributed by atoms with Crippen molar-refractivity contribution in [3.05, 3.63) is 62.8 Å². The smallest absolute Gasteiger partial charge is 0.173 e. The molecule has 0 spiro atoms. The minimum Gasteiger partial charge on any atom is -0.489 e. The lowest BCUT2D eigenvalue weighted by molar-refractivity contribution is 0.291. The fourth-order valence-corrected chi connectivity index (χ4v) is 2.66. The van der Waals surface area contributed by atoms with Gasteiger partial charge in [-0.25, -0.2) is 4.39 Å². The number of hydrogen-bond donors (Lipinski definition) is 1. The number of unbranched alkanes of at least 4 members (excludes halogenated alkanes) is 1. The summed E-state index contributed by atoms with van der Waals surface area (Å²) in [5.74, 6) is -0.304. The molecule has 0 atom stereocenters. The third-order valence-electron chi connectivity index (χ3n) is 3.45. The molecule has 0 amide bonds. The minimum atomic E-state index is -0.585. The summed E-state index contributed by atoms with van der Waals surface area (Å²) in [6.45, 7) is 1.23. The summed E-state index contributed by atoms with van der Waals surface area (Å²) in [5.41, 5.74) is 0.996. The Hall–Kier alpha value is -1.33. The first kappa shape index (κ1) is 22.0. The zero-order valence-corrected chi connectivity index (χ0v) is 17.3. The molecule has 0 aliphatic rings. The number of anilines is 1. The van der Waals surface area contributed by atoms with Crippen LogP contribution in [-0.4, -0.2) is 19.8 Å². The third-order valence-corrected chi connectivity index (χ3v) is 4.29. The molecule has 0 radical (unpaired) electrons. The van der Waals surface area contributed by atoms with Crippen LogP contribution < -0.4 is 14.8 Å². The summed E-state index contributed by atoms with van der Waals surface area (Å²) in [6.07, 6.45) is 3.04. The van der Waals surface area contributed by atoms with Crippen molar-refractivity contribution in [2.24, 2.45) is 0 Å². The number of benzene rings is 2. The van der Waals surface area contributed by atoms with Crippen LogP contribution in [0, 0.1) is 5.82 Å². The monoisotopic (exact) mass is 451 g/mol. The molecule has 2 aromatic carbocycles. The summed E-state index contributed by atoms with van der Waals surface area (Å²) >= 11 is 22.9. The van der Waals surface area contributed by atoms with Crippen molar-refractivity contribution < 1.29 is 13.9 Å². The van der Waals surface area contributed by atoms with Gasteiger partial charge in [-0.1, -0.05) is 46.4 Å². The van der Waals surface area contributed by atoms with Crippen molar-refractivity contribution in [3.8, 4) is 11.5 Å². The minimum absolute atomic E-state index is 0.0144. The van der Waals surface area contributed by atoms with E-state index in [9.17, 15) is 4.39 Å². The molecular weight excluding hydrogens is 435 g/mol. The maximum atomic E-state index is 14.1. The Bertz CT molecular complexity index is 742. The Morgan fingerprint density at radius 2 is 1.78 bits per heavy atom. The van der Waals surface area contributed by atoms with Crippen LogP contribution in [0.2, 0.25) is 10.0 Å². The van der Waals surface area contributed by atoms with Crippen molar-refractivity contribution >= 4 is 52.1 Å². The lowest BCUT2D eigenvalue weighted by atomic mass is 10.3. The molecule has 27 heavy (non-hydrogen) atoms. The molecule has 2 aromatic rings. The van der Waals surface area contributed by atoms with Crippen molar-refractivity contribution in [2.45, 2.75) is 12.8 Å². The molecule has 0 unspecified atom stereocenters. The molecule has 0 saturated carbocycles. The van der Waals surface area contributed by atoms with Gasteiger partial charge in [0.2, 0.25) is 0 Å². The van der Waals surface area contributed by atoms with Crippen molar-refractivity contribution in [3.63, 3.8) is 0 Å². The van der Waals surface area contributed by atoms with E-state index >= 15 is 0 Å². The van der Waals surface area contributed by atoms with Crippen LogP contribution in [0.4, 0.5) is 10.1 Å². The van der Waals surface area contributed by atoms with Crippen molar-refractivity contribution in [1.82, 2.24) is 0 Å². The molecule has 0 fully saturated rings. The zero-order valence-electron chi connectivity index (χ0n) is 14.3. The van der Waals surface area contributed by atoms with Crippen LogP contribution in [0.3, 0.4) is 0 Å². The molecule has 2 rings (SSSR count). The SMILES string of the molecule is Fc1cc(OCC=C(Cl)Cl)cc(Cl)c1OCCCCNc1ccc(Cl)cc1. The van der Waals surface area contributed by atoms with Crippen LogP contribution in [0.1, 0.15) is 12.8 Å². The number of rotatable bonds is 10. The summed E-state index contributed by atoms with van der Waals surface area (Å²) in [6, 6.07) is 10.2. The molecular formula is C19H18Cl4FNO2. The second-order valence-corrected chi connectivity index (χ2v) is 7.36. The van der Waals surface area contributed by atoms with Gasteiger partial charge >= 0.3 is 0 Å². The summed E-state index contributed by atoms with van der Waals surface area (Å²) in [5, 5.41) is 4.12.